The molecule has 2 aliphatic rings. The lowest BCUT2D eigenvalue weighted by atomic mass is 9.77. The SMILES string of the molecule is CC1(C)OB(C(=Cc2ccc3occc(=O)c3c2)CNC(=O)OCC2c3ccccc3-c3ccccc32)OC1(C)C. The summed E-state index contributed by atoms with van der Waals surface area (Å²) in [5, 5.41) is 3.36. The predicted molar refractivity (Wildman–Crippen MR) is 160 cm³/mol. The van der Waals surface area contributed by atoms with Crippen LogP contribution in [-0.2, 0) is 14.0 Å². The molecule has 3 aromatic carbocycles. The average molecular weight is 549 g/mol. The Morgan fingerprint density at radius 1 is 0.927 bits per heavy atom. The highest BCUT2D eigenvalue weighted by molar-refractivity contribution is 6.56. The highest BCUT2D eigenvalue weighted by atomic mass is 16.7. The van der Waals surface area contributed by atoms with E-state index >= 15 is 0 Å². The topological polar surface area (TPSA) is 87.0 Å². The second-order valence-electron chi connectivity index (χ2n) is 11.5. The monoisotopic (exact) mass is 549 g/mol. The lowest BCUT2D eigenvalue weighted by Gasteiger charge is -2.32. The molecule has 1 amide bonds. The first kappa shape index (κ1) is 27.1. The number of rotatable bonds is 6. The molecule has 1 N–H and O–H groups in total. The fourth-order valence-corrected chi connectivity index (χ4v) is 5.43. The van der Waals surface area contributed by atoms with E-state index < -0.39 is 24.4 Å². The Morgan fingerprint density at radius 3 is 2.22 bits per heavy atom. The van der Waals surface area contributed by atoms with E-state index in [4.69, 9.17) is 18.5 Å². The summed E-state index contributed by atoms with van der Waals surface area (Å²) in [6.07, 6.45) is 2.72. The van der Waals surface area contributed by atoms with Gasteiger partial charge in [-0.3, -0.25) is 4.79 Å². The zero-order chi connectivity index (χ0) is 28.8. The number of alkyl carbamates (subject to hydrolysis) is 1. The van der Waals surface area contributed by atoms with Crippen molar-refractivity contribution in [3.05, 3.63) is 111 Å². The van der Waals surface area contributed by atoms with Crippen LogP contribution in [0.4, 0.5) is 4.79 Å². The maximum Gasteiger partial charge on any atom is 0.492 e. The van der Waals surface area contributed by atoms with Crippen molar-refractivity contribution in [3.8, 4) is 11.1 Å². The van der Waals surface area contributed by atoms with Crippen LogP contribution >= 0.6 is 0 Å². The number of nitrogens with one attached hydrogen (secondary N) is 1. The number of hydrogen-bond acceptors (Lipinski definition) is 6. The molecule has 8 heteroatoms. The first-order valence-corrected chi connectivity index (χ1v) is 13.8. The standard InChI is InChI=1S/C33H32BNO6/c1-32(2)33(3,4)41-34(40-32)22(17-21-13-14-30-27(18-21)29(36)15-16-38-30)19-35-31(37)39-20-28-25-11-7-5-9-23(25)24-10-6-8-12-26(24)28/h5-18,28H,19-20H2,1-4H3,(H,35,37). The Bertz CT molecular complexity index is 1660. The minimum absolute atomic E-state index is 0.0319. The van der Waals surface area contributed by atoms with Crippen LogP contribution in [0.15, 0.2) is 93.7 Å². The molecule has 1 saturated heterocycles. The maximum atomic E-state index is 13.0. The van der Waals surface area contributed by atoms with Gasteiger partial charge in [-0.2, -0.15) is 0 Å². The molecule has 1 fully saturated rings. The molecule has 0 radical (unpaired) electrons. The molecule has 0 unspecified atom stereocenters. The van der Waals surface area contributed by atoms with E-state index in [0.29, 0.717) is 16.4 Å². The van der Waals surface area contributed by atoms with Gasteiger partial charge in [0.2, 0.25) is 0 Å². The molecule has 2 heterocycles. The van der Waals surface area contributed by atoms with Crippen molar-refractivity contribution in [2.45, 2.75) is 44.8 Å². The smallest absolute Gasteiger partial charge is 0.464 e. The summed E-state index contributed by atoms with van der Waals surface area (Å²) in [6, 6.07) is 23.2. The quantitative estimate of drug-likeness (QED) is 0.282. The normalized spacial score (nSPS) is 17.4. The molecule has 0 bridgehead atoms. The second kappa shape index (κ2) is 10.4. The molecule has 4 aromatic rings. The minimum atomic E-state index is -0.697. The molecule has 208 valence electrons. The molecule has 0 saturated carbocycles. The van der Waals surface area contributed by atoms with Gasteiger partial charge in [-0.1, -0.05) is 60.7 Å². The predicted octanol–water partition coefficient (Wildman–Crippen LogP) is 6.35. The van der Waals surface area contributed by atoms with Crippen molar-refractivity contribution in [2.75, 3.05) is 13.2 Å². The van der Waals surface area contributed by atoms with Gasteiger partial charge >= 0.3 is 13.2 Å². The summed E-state index contributed by atoms with van der Waals surface area (Å²) < 4.78 is 23.8. The highest BCUT2D eigenvalue weighted by Crippen LogP contribution is 2.44. The molecular weight excluding hydrogens is 517 g/mol. The number of carbonyl (C=O) groups is 1. The van der Waals surface area contributed by atoms with E-state index in [1.165, 1.54) is 23.5 Å². The third-order valence-electron chi connectivity index (χ3n) is 8.37. The average Bonchev–Trinajstić information content (AvgIpc) is 3.39. The van der Waals surface area contributed by atoms with E-state index in [2.05, 4.69) is 29.6 Å². The molecule has 6 rings (SSSR count). The maximum absolute atomic E-state index is 13.0. The Kier molecular flexibility index (Phi) is 6.84. The van der Waals surface area contributed by atoms with Gasteiger partial charge in [0.1, 0.15) is 12.2 Å². The number of amides is 1. The van der Waals surface area contributed by atoms with Crippen molar-refractivity contribution in [2.24, 2.45) is 0 Å². The van der Waals surface area contributed by atoms with Crippen LogP contribution in [0.3, 0.4) is 0 Å². The van der Waals surface area contributed by atoms with Gasteiger partial charge in [0.05, 0.1) is 22.9 Å². The molecule has 0 atom stereocenters. The third kappa shape index (κ3) is 5.09. The fraction of sp³-hybridized carbons (Fsp3) is 0.273. The van der Waals surface area contributed by atoms with Crippen LogP contribution in [0, 0.1) is 0 Å². The first-order chi connectivity index (χ1) is 19.6. The van der Waals surface area contributed by atoms with E-state index in [1.54, 1.807) is 12.1 Å². The molecule has 41 heavy (non-hydrogen) atoms. The Hall–Kier alpha value is -4.14. The third-order valence-corrected chi connectivity index (χ3v) is 8.37. The number of hydrogen-bond donors (Lipinski definition) is 1. The summed E-state index contributed by atoms with van der Waals surface area (Å²) in [4.78, 5) is 25.4. The van der Waals surface area contributed by atoms with Crippen LogP contribution in [0.1, 0.15) is 50.3 Å². The van der Waals surface area contributed by atoms with Gasteiger partial charge < -0.3 is 23.8 Å². The van der Waals surface area contributed by atoms with Gasteiger partial charge in [-0.25, -0.2) is 4.79 Å². The van der Waals surface area contributed by atoms with Gasteiger partial charge in [0, 0.05) is 18.5 Å². The van der Waals surface area contributed by atoms with E-state index in [0.717, 1.165) is 16.7 Å². The minimum Gasteiger partial charge on any atom is -0.464 e. The van der Waals surface area contributed by atoms with Gasteiger partial charge in [-0.05, 0) is 73.1 Å². The lowest BCUT2D eigenvalue weighted by Crippen LogP contribution is -2.41. The molecule has 0 spiro atoms. The van der Waals surface area contributed by atoms with Gasteiger partial charge in [0.15, 0.2) is 5.43 Å². The van der Waals surface area contributed by atoms with Crippen molar-refractivity contribution in [3.63, 3.8) is 0 Å². The highest BCUT2D eigenvalue weighted by Gasteiger charge is 2.52. The van der Waals surface area contributed by atoms with Crippen LogP contribution in [0.5, 0.6) is 0 Å². The van der Waals surface area contributed by atoms with Crippen LogP contribution in [0.25, 0.3) is 28.2 Å². The Balaban J connectivity index is 1.21. The lowest BCUT2D eigenvalue weighted by molar-refractivity contribution is 0.00578. The molecule has 1 aromatic heterocycles. The van der Waals surface area contributed by atoms with E-state index in [-0.39, 0.29) is 24.5 Å². The van der Waals surface area contributed by atoms with Crippen molar-refractivity contribution in [1.82, 2.24) is 5.32 Å². The largest absolute Gasteiger partial charge is 0.492 e. The second-order valence-corrected chi connectivity index (χ2v) is 11.5. The molecule has 7 nitrogen and oxygen atoms in total. The van der Waals surface area contributed by atoms with Crippen molar-refractivity contribution >= 4 is 30.3 Å². The summed E-state index contributed by atoms with van der Waals surface area (Å²) >= 11 is 0. The van der Waals surface area contributed by atoms with Gasteiger partial charge in [-0.15, -0.1) is 0 Å². The molecular formula is C33H32BNO6. The number of carbonyl (C=O) groups excluding carboxylic acids is 1. The zero-order valence-corrected chi connectivity index (χ0v) is 23.6. The summed E-state index contributed by atoms with van der Waals surface area (Å²) in [5.74, 6) is -0.0319. The summed E-state index contributed by atoms with van der Waals surface area (Å²) in [6.45, 7) is 8.26. The number of fused-ring (bicyclic) bond motifs is 4. The van der Waals surface area contributed by atoms with Crippen molar-refractivity contribution < 1.29 is 23.3 Å². The molecule has 1 aliphatic heterocycles. The van der Waals surface area contributed by atoms with Crippen LogP contribution in [0.2, 0.25) is 0 Å². The van der Waals surface area contributed by atoms with E-state index in [9.17, 15) is 9.59 Å². The summed E-state index contributed by atoms with van der Waals surface area (Å²) in [5.41, 5.74) is 5.35. The van der Waals surface area contributed by atoms with Gasteiger partial charge in [0.25, 0.3) is 0 Å². The van der Waals surface area contributed by atoms with Crippen LogP contribution in [-0.4, -0.2) is 37.6 Å². The van der Waals surface area contributed by atoms with Crippen molar-refractivity contribution in [1.29, 1.82) is 0 Å². The van der Waals surface area contributed by atoms with E-state index in [1.807, 2.05) is 64.1 Å². The van der Waals surface area contributed by atoms with Crippen LogP contribution < -0.4 is 10.7 Å². The number of ether oxygens (including phenoxy) is 1. The Morgan fingerprint density at radius 2 is 1.56 bits per heavy atom. The Labute approximate surface area is 239 Å². The fourth-order valence-electron chi connectivity index (χ4n) is 5.43. The zero-order valence-electron chi connectivity index (χ0n) is 23.6. The number of benzene rings is 3. The summed E-state index contributed by atoms with van der Waals surface area (Å²) in [7, 11) is -0.697. The first-order valence-electron chi connectivity index (χ1n) is 13.8. The molecule has 1 aliphatic carbocycles.